The van der Waals surface area contributed by atoms with E-state index < -0.39 is 0 Å². The molecule has 0 saturated carbocycles. The van der Waals surface area contributed by atoms with Crippen molar-refractivity contribution in [2.75, 3.05) is 6.54 Å². The summed E-state index contributed by atoms with van der Waals surface area (Å²) in [5, 5.41) is 16.6. The maximum absolute atomic E-state index is 12.5. The van der Waals surface area contributed by atoms with Gasteiger partial charge in [0, 0.05) is 30.3 Å². The Bertz CT molecular complexity index is 1110. The Labute approximate surface area is 170 Å². The van der Waals surface area contributed by atoms with Gasteiger partial charge in [-0.2, -0.15) is 10.4 Å². The van der Waals surface area contributed by atoms with Crippen LogP contribution in [0.3, 0.4) is 0 Å². The lowest BCUT2D eigenvalue weighted by atomic mass is 9.83. The van der Waals surface area contributed by atoms with Crippen molar-refractivity contribution in [3.63, 3.8) is 0 Å². The van der Waals surface area contributed by atoms with Gasteiger partial charge < -0.3 is 5.32 Å². The van der Waals surface area contributed by atoms with Crippen LogP contribution in [0.5, 0.6) is 0 Å². The van der Waals surface area contributed by atoms with Crippen molar-refractivity contribution in [2.45, 2.75) is 51.9 Å². The minimum absolute atomic E-state index is 0.0603. The SMILES string of the molecule is Cc1nc2c(C#N)cnn2c(C)c1CCC(=O)NC[C@H]1CCCc2ccccc21. The molecule has 4 rings (SSSR count). The van der Waals surface area contributed by atoms with Gasteiger partial charge in [0.05, 0.1) is 6.20 Å². The number of nitrogens with zero attached hydrogens (tertiary/aromatic N) is 4. The smallest absolute Gasteiger partial charge is 0.220 e. The highest BCUT2D eigenvalue weighted by Crippen LogP contribution is 2.30. The van der Waals surface area contributed by atoms with Gasteiger partial charge in [0.1, 0.15) is 11.6 Å². The zero-order chi connectivity index (χ0) is 20.4. The Morgan fingerprint density at radius 2 is 2.17 bits per heavy atom. The molecule has 1 N–H and O–H groups in total. The van der Waals surface area contributed by atoms with Gasteiger partial charge in [-0.3, -0.25) is 4.79 Å². The fraction of sp³-hybridized carbons (Fsp3) is 0.391. The van der Waals surface area contributed by atoms with E-state index >= 15 is 0 Å². The molecule has 1 amide bonds. The number of hydrogen-bond donors (Lipinski definition) is 1. The van der Waals surface area contributed by atoms with E-state index in [1.165, 1.54) is 23.7 Å². The number of carbonyl (C=O) groups is 1. The average Bonchev–Trinajstić information content (AvgIpc) is 3.15. The fourth-order valence-electron chi connectivity index (χ4n) is 4.38. The molecule has 0 unspecified atom stereocenters. The highest BCUT2D eigenvalue weighted by atomic mass is 16.1. The first-order valence-corrected chi connectivity index (χ1v) is 10.2. The van der Waals surface area contributed by atoms with Crippen LogP contribution in [0.15, 0.2) is 30.5 Å². The fourth-order valence-corrected chi connectivity index (χ4v) is 4.38. The van der Waals surface area contributed by atoms with Crippen molar-refractivity contribution >= 4 is 11.6 Å². The normalized spacial score (nSPS) is 15.7. The minimum Gasteiger partial charge on any atom is -0.355 e. The molecule has 6 nitrogen and oxygen atoms in total. The third-order valence-electron chi connectivity index (χ3n) is 5.97. The number of aryl methyl sites for hydroxylation is 3. The summed E-state index contributed by atoms with van der Waals surface area (Å²) < 4.78 is 1.69. The summed E-state index contributed by atoms with van der Waals surface area (Å²) in [6.45, 7) is 4.57. The van der Waals surface area contributed by atoms with Gasteiger partial charge in [0.2, 0.25) is 5.91 Å². The van der Waals surface area contributed by atoms with E-state index in [0.29, 0.717) is 36.5 Å². The van der Waals surface area contributed by atoms with Gasteiger partial charge in [-0.1, -0.05) is 24.3 Å². The van der Waals surface area contributed by atoms with Gasteiger partial charge in [0.25, 0.3) is 0 Å². The predicted molar refractivity (Wildman–Crippen MR) is 111 cm³/mol. The molecule has 3 aromatic rings. The molecule has 6 heteroatoms. The molecule has 1 aliphatic rings. The van der Waals surface area contributed by atoms with Crippen molar-refractivity contribution in [3.8, 4) is 6.07 Å². The number of carbonyl (C=O) groups excluding carboxylic acids is 1. The molecule has 1 atom stereocenters. The Balaban J connectivity index is 1.40. The molecule has 2 heterocycles. The molecular weight excluding hydrogens is 362 g/mol. The number of benzene rings is 1. The maximum atomic E-state index is 12.5. The van der Waals surface area contributed by atoms with E-state index in [1.54, 1.807) is 4.52 Å². The highest BCUT2D eigenvalue weighted by molar-refractivity contribution is 5.76. The van der Waals surface area contributed by atoms with Crippen molar-refractivity contribution < 1.29 is 4.79 Å². The van der Waals surface area contributed by atoms with E-state index in [9.17, 15) is 10.1 Å². The first kappa shape index (κ1) is 19.1. The lowest BCUT2D eigenvalue weighted by Gasteiger charge is -2.25. The number of fused-ring (bicyclic) bond motifs is 2. The molecule has 0 radical (unpaired) electrons. The summed E-state index contributed by atoms with van der Waals surface area (Å²) in [5.74, 6) is 0.462. The number of aromatic nitrogens is 3. The molecule has 148 valence electrons. The molecule has 1 aromatic carbocycles. The van der Waals surface area contributed by atoms with Gasteiger partial charge in [-0.15, -0.1) is 0 Å². The quantitative estimate of drug-likeness (QED) is 0.727. The lowest BCUT2D eigenvalue weighted by Crippen LogP contribution is -2.30. The van der Waals surface area contributed by atoms with E-state index in [-0.39, 0.29) is 5.91 Å². The second-order valence-corrected chi connectivity index (χ2v) is 7.76. The topological polar surface area (TPSA) is 83.1 Å². The third-order valence-corrected chi connectivity index (χ3v) is 5.97. The van der Waals surface area contributed by atoms with Gasteiger partial charge in [-0.25, -0.2) is 9.50 Å². The van der Waals surface area contributed by atoms with Crippen LogP contribution in [-0.4, -0.2) is 27.0 Å². The molecule has 0 fully saturated rings. The zero-order valence-corrected chi connectivity index (χ0v) is 16.9. The summed E-state index contributed by atoms with van der Waals surface area (Å²) in [5.41, 5.74) is 6.64. The maximum Gasteiger partial charge on any atom is 0.220 e. The minimum atomic E-state index is 0.0603. The third kappa shape index (κ3) is 3.73. The number of nitrogens with one attached hydrogen (secondary N) is 1. The monoisotopic (exact) mass is 387 g/mol. The molecule has 0 bridgehead atoms. The Kier molecular flexibility index (Phi) is 5.30. The van der Waals surface area contributed by atoms with Crippen LogP contribution in [0.2, 0.25) is 0 Å². The number of hydrogen-bond acceptors (Lipinski definition) is 4. The van der Waals surface area contributed by atoms with Crippen LogP contribution >= 0.6 is 0 Å². The second kappa shape index (κ2) is 8.04. The average molecular weight is 387 g/mol. The summed E-state index contributed by atoms with van der Waals surface area (Å²) in [7, 11) is 0. The van der Waals surface area contributed by atoms with E-state index in [1.807, 2.05) is 13.8 Å². The molecule has 2 aromatic heterocycles. The van der Waals surface area contributed by atoms with Crippen molar-refractivity contribution in [1.29, 1.82) is 5.26 Å². The van der Waals surface area contributed by atoms with Crippen LogP contribution in [0.4, 0.5) is 0 Å². The van der Waals surface area contributed by atoms with Gasteiger partial charge >= 0.3 is 0 Å². The second-order valence-electron chi connectivity index (χ2n) is 7.76. The summed E-state index contributed by atoms with van der Waals surface area (Å²) >= 11 is 0. The predicted octanol–water partition coefficient (Wildman–Crippen LogP) is 3.39. The largest absolute Gasteiger partial charge is 0.355 e. The lowest BCUT2D eigenvalue weighted by molar-refractivity contribution is -0.121. The van der Waals surface area contributed by atoms with Crippen molar-refractivity contribution in [3.05, 3.63) is 64.1 Å². The first-order chi connectivity index (χ1) is 14.1. The highest BCUT2D eigenvalue weighted by Gasteiger charge is 2.20. The standard InChI is InChI=1S/C23H25N5O/c1-15-20(16(2)28-23(27-15)19(12-24)14-26-28)10-11-22(29)25-13-18-8-5-7-17-6-3-4-9-21(17)18/h3-4,6,9,14,18H,5,7-8,10-11,13H2,1-2H3,(H,25,29)/t18-/m1/s1. The summed E-state index contributed by atoms with van der Waals surface area (Å²) in [6, 6.07) is 10.7. The van der Waals surface area contributed by atoms with E-state index in [0.717, 1.165) is 29.8 Å². The van der Waals surface area contributed by atoms with Crippen LogP contribution in [0, 0.1) is 25.2 Å². The van der Waals surface area contributed by atoms with Crippen molar-refractivity contribution in [1.82, 2.24) is 19.9 Å². The van der Waals surface area contributed by atoms with E-state index in [2.05, 4.69) is 45.7 Å². The Morgan fingerprint density at radius 1 is 1.34 bits per heavy atom. The molecular formula is C23H25N5O. The summed E-state index contributed by atoms with van der Waals surface area (Å²) in [6.07, 6.45) is 5.99. The van der Waals surface area contributed by atoms with Crippen molar-refractivity contribution in [2.24, 2.45) is 0 Å². The number of nitriles is 1. The molecule has 29 heavy (non-hydrogen) atoms. The number of amides is 1. The molecule has 0 saturated heterocycles. The van der Waals surface area contributed by atoms with E-state index in [4.69, 9.17) is 0 Å². The number of rotatable bonds is 5. The van der Waals surface area contributed by atoms with Gasteiger partial charge in [0.15, 0.2) is 5.65 Å². The molecule has 0 spiro atoms. The van der Waals surface area contributed by atoms with Crippen LogP contribution in [0.1, 0.15) is 58.8 Å². The Morgan fingerprint density at radius 3 is 3.00 bits per heavy atom. The zero-order valence-electron chi connectivity index (χ0n) is 16.9. The van der Waals surface area contributed by atoms with Gasteiger partial charge in [-0.05, 0) is 56.2 Å². The van der Waals surface area contributed by atoms with Crippen LogP contribution in [-0.2, 0) is 17.6 Å². The molecule has 1 aliphatic carbocycles. The first-order valence-electron chi connectivity index (χ1n) is 10.2. The Hall–Kier alpha value is -3.20. The van der Waals surface area contributed by atoms with Crippen LogP contribution < -0.4 is 5.32 Å². The van der Waals surface area contributed by atoms with Crippen LogP contribution in [0.25, 0.3) is 5.65 Å². The summed E-state index contributed by atoms with van der Waals surface area (Å²) in [4.78, 5) is 17.0. The molecule has 0 aliphatic heterocycles.